The second-order valence-electron chi connectivity index (χ2n) is 10.9. The lowest BCUT2D eigenvalue weighted by atomic mass is 9.84. The van der Waals surface area contributed by atoms with Crippen molar-refractivity contribution in [3.8, 4) is 11.5 Å². The van der Waals surface area contributed by atoms with Crippen LogP contribution in [0.2, 0.25) is 0 Å². The summed E-state index contributed by atoms with van der Waals surface area (Å²) in [4.78, 5) is 13.4. The van der Waals surface area contributed by atoms with Crippen LogP contribution in [0.3, 0.4) is 0 Å². The molecule has 168 valence electrons. The van der Waals surface area contributed by atoms with E-state index in [1.165, 1.54) is 0 Å². The van der Waals surface area contributed by atoms with Crippen LogP contribution < -0.4 is 9.47 Å². The molecule has 0 aromatic heterocycles. The predicted octanol–water partition coefficient (Wildman–Crippen LogP) is 7.03. The van der Waals surface area contributed by atoms with Crippen molar-refractivity contribution in [2.75, 3.05) is 0 Å². The Morgan fingerprint density at radius 1 is 0.871 bits per heavy atom. The second-order valence-corrected chi connectivity index (χ2v) is 11.4. The number of carbonyl (C=O) groups excluding carboxylic acids is 1. The largest absolute Gasteiger partial charge is 0.488 e. The summed E-state index contributed by atoms with van der Waals surface area (Å²) in [7, 11) is 0. The fourth-order valence-electron chi connectivity index (χ4n) is 3.12. The van der Waals surface area contributed by atoms with Crippen LogP contribution in [0.25, 0.3) is 6.08 Å². The van der Waals surface area contributed by atoms with E-state index < -0.39 is 0 Å². The van der Waals surface area contributed by atoms with Crippen molar-refractivity contribution in [2.45, 2.75) is 78.9 Å². The van der Waals surface area contributed by atoms with E-state index in [2.05, 4.69) is 26.8 Å². The van der Waals surface area contributed by atoms with E-state index in [0.29, 0.717) is 5.75 Å². The van der Waals surface area contributed by atoms with Crippen LogP contribution in [0.5, 0.6) is 11.5 Å². The smallest absolute Gasteiger partial charge is 0.166 e. The molecule has 0 bridgehead atoms. The zero-order chi connectivity index (χ0) is 23.6. The van der Waals surface area contributed by atoms with Gasteiger partial charge in [0.05, 0.1) is 5.92 Å². The van der Waals surface area contributed by atoms with E-state index in [9.17, 15) is 4.79 Å². The molecule has 0 saturated heterocycles. The molecule has 1 aliphatic carbocycles. The molecule has 3 nitrogen and oxygen atoms in total. The Morgan fingerprint density at radius 3 is 1.87 bits per heavy atom. The molecule has 1 aromatic rings. The summed E-state index contributed by atoms with van der Waals surface area (Å²) in [5.74, 6) is 1.21. The number of benzene rings is 1. The molecule has 0 radical (unpaired) electrons. The van der Waals surface area contributed by atoms with E-state index in [4.69, 9.17) is 21.7 Å². The molecule has 1 aromatic carbocycles. The molecule has 0 heterocycles. The highest BCUT2D eigenvalue weighted by Crippen LogP contribution is 2.40. The maximum absolute atomic E-state index is 12.7. The Bertz CT molecular complexity index is 913. The van der Waals surface area contributed by atoms with Gasteiger partial charge in [-0.3, -0.25) is 4.79 Å². The number of ketones is 1. The van der Waals surface area contributed by atoms with E-state index >= 15 is 0 Å². The molecule has 0 saturated carbocycles. The maximum Gasteiger partial charge on any atom is 0.166 e. The van der Waals surface area contributed by atoms with Gasteiger partial charge in [-0.1, -0.05) is 45.1 Å². The van der Waals surface area contributed by atoms with Crippen molar-refractivity contribution in [2.24, 2.45) is 5.92 Å². The standard InChI is InChI=1S/C27H36O3S/c1-25(2,3)21-16-19(12-15-22(28)18-10-13-20(31)14-11-18)23(29-26(4,5)6)17-24(21)30-27(7,8)9/h10-18H,1-9H3/b15-12+. The molecule has 0 spiro atoms. The lowest BCUT2D eigenvalue weighted by Gasteiger charge is -2.30. The Labute approximate surface area is 193 Å². The molecule has 0 atom stereocenters. The number of hydrogen-bond donors (Lipinski definition) is 0. The van der Waals surface area contributed by atoms with Crippen molar-refractivity contribution in [3.63, 3.8) is 0 Å². The summed E-state index contributed by atoms with van der Waals surface area (Å²) in [6.45, 7) is 18.6. The highest BCUT2D eigenvalue weighted by Gasteiger charge is 2.26. The van der Waals surface area contributed by atoms with Gasteiger partial charge in [0.1, 0.15) is 22.7 Å². The van der Waals surface area contributed by atoms with Gasteiger partial charge in [0.2, 0.25) is 0 Å². The topological polar surface area (TPSA) is 35.5 Å². The number of ether oxygens (including phenoxy) is 2. The van der Waals surface area contributed by atoms with Crippen LogP contribution in [0.1, 0.15) is 73.4 Å². The summed E-state index contributed by atoms with van der Waals surface area (Å²) in [5.41, 5.74) is 1.05. The maximum atomic E-state index is 12.7. The molecular formula is C27H36O3S. The summed E-state index contributed by atoms with van der Waals surface area (Å²) >= 11 is 5.12. The van der Waals surface area contributed by atoms with Gasteiger partial charge >= 0.3 is 0 Å². The fraction of sp³-hybridized carbons (Fsp3) is 0.481. The van der Waals surface area contributed by atoms with E-state index in [0.717, 1.165) is 21.7 Å². The van der Waals surface area contributed by atoms with Gasteiger partial charge in [-0.2, -0.15) is 0 Å². The molecule has 0 aliphatic heterocycles. The zero-order valence-electron chi connectivity index (χ0n) is 20.3. The van der Waals surface area contributed by atoms with Crippen molar-refractivity contribution in [1.82, 2.24) is 0 Å². The van der Waals surface area contributed by atoms with Gasteiger partial charge in [0.25, 0.3) is 0 Å². The second kappa shape index (κ2) is 9.12. The van der Waals surface area contributed by atoms with Gasteiger partial charge in [-0.05, 0) is 77.3 Å². The Kier molecular flexibility index (Phi) is 7.37. The van der Waals surface area contributed by atoms with Gasteiger partial charge < -0.3 is 9.47 Å². The third kappa shape index (κ3) is 7.77. The molecule has 1 aliphatic rings. The number of carbonyl (C=O) groups is 1. The molecule has 0 fully saturated rings. The number of hydrogen-bond acceptors (Lipinski definition) is 4. The van der Waals surface area contributed by atoms with Crippen LogP contribution in [0, 0.1) is 5.92 Å². The van der Waals surface area contributed by atoms with Crippen LogP contribution in [-0.2, 0) is 10.2 Å². The molecule has 2 rings (SSSR count). The molecule has 4 heteroatoms. The van der Waals surface area contributed by atoms with E-state index in [1.807, 2.05) is 65.8 Å². The van der Waals surface area contributed by atoms with Gasteiger partial charge in [0, 0.05) is 22.1 Å². The van der Waals surface area contributed by atoms with Crippen LogP contribution in [0.15, 0.2) is 42.5 Å². The first-order chi connectivity index (χ1) is 14.0. The highest BCUT2D eigenvalue weighted by atomic mass is 32.1. The van der Waals surface area contributed by atoms with Gasteiger partial charge in [-0.25, -0.2) is 0 Å². The third-order valence-electron chi connectivity index (χ3n) is 4.44. The Hall–Kier alpha value is -2.20. The quantitative estimate of drug-likeness (QED) is 0.363. The minimum absolute atomic E-state index is 0.00374. The molecule has 31 heavy (non-hydrogen) atoms. The van der Waals surface area contributed by atoms with Crippen molar-refractivity contribution in [3.05, 3.63) is 53.6 Å². The summed E-state index contributed by atoms with van der Waals surface area (Å²) in [6, 6.07) is 4.04. The molecule has 0 unspecified atom stereocenters. The number of thiocarbonyl (C=S) groups is 1. The van der Waals surface area contributed by atoms with E-state index in [-0.39, 0.29) is 28.3 Å². The Balaban J connectivity index is 2.52. The number of rotatable bonds is 5. The van der Waals surface area contributed by atoms with E-state index in [1.54, 1.807) is 18.2 Å². The molecular weight excluding hydrogens is 404 g/mol. The first kappa shape index (κ1) is 25.1. The minimum Gasteiger partial charge on any atom is -0.488 e. The van der Waals surface area contributed by atoms with Crippen LogP contribution >= 0.6 is 12.2 Å². The van der Waals surface area contributed by atoms with Crippen molar-refractivity contribution < 1.29 is 14.3 Å². The first-order valence-electron chi connectivity index (χ1n) is 10.7. The minimum atomic E-state index is -0.389. The van der Waals surface area contributed by atoms with Gasteiger partial charge in [0.15, 0.2) is 5.78 Å². The van der Waals surface area contributed by atoms with Crippen LogP contribution in [-0.4, -0.2) is 21.8 Å². The zero-order valence-corrected chi connectivity index (χ0v) is 21.1. The highest BCUT2D eigenvalue weighted by molar-refractivity contribution is 7.81. The van der Waals surface area contributed by atoms with Crippen molar-refractivity contribution >= 4 is 28.9 Å². The monoisotopic (exact) mass is 440 g/mol. The summed E-state index contributed by atoms with van der Waals surface area (Å²) in [6.07, 6.45) is 10.7. The lowest BCUT2D eigenvalue weighted by molar-refractivity contribution is -0.115. The Morgan fingerprint density at radius 2 is 1.39 bits per heavy atom. The average molecular weight is 441 g/mol. The molecule has 0 N–H and O–H groups in total. The third-order valence-corrected chi connectivity index (χ3v) is 4.72. The lowest BCUT2D eigenvalue weighted by Crippen LogP contribution is -2.27. The summed E-state index contributed by atoms with van der Waals surface area (Å²) in [5, 5.41) is 0. The predicted molar refractivity (Wildman–Crippen MR) is 134 cm³/mol. The van der Waals surface area contributed by atoms with Crippen molar-refractivity contribution in [1.29, 1.82) is 0 Å². The SMILES string of the molecule is CC(C)(C)Oc1cc(OC(C)(C)C)c(C(C)(C)C)cc1/C=C/C(=O)C1C=CC(=S)C=C1. The summed E-state index contributed by atoms with van der Waals surface area (Å²) < 4.78 is 12.6. The van der Waals surface area contributed by atoms with Gasteiger partial charge in [-0.15, -0.1) is 0 Å². The average Bonchev–Trinajstić information content (AvgIpc) is 2.57. The number of allylic oxidation sites excluding steroid dienone is 5. The normalized spacial score (nSPS) is 15.6. The van der Waals surface area contributed by atoms with Crippen LogP contribution in [0.4, 0.5) is 0 Å². The fourth-order valence-corrected chi connectivity index (χ4v) is 3.27. The first-order valence-corrected chi connectivity index (χ1v) is 11.1. The molecule has 0 amide bonds.